The van der Waals surface area contributed by atoms with Gasteiger partial charge in [0.25, 0.3) is 5.91 Å². The quantitative estimate of drug-likeness (QED) is 0.482. The molecule has 0 aliphatic carbocycles. The van der Waals surface area contributed by atoms with E-state index in [9.17, 15) is 4.79 Å². The van der Waals surface area contributed by atoms with Crippen LogP contribution in [0.1, 0.15) is 10.6 Å². The van der Waals surface area contributed by atoms with Gasteiger partial charge in [-0.05, 0) is 18.4 Å². The average molecular weight is 366 g/mol. The van der Waals surface area contributed by atoms with Gasteiger partial charge in [-0.25, -0.2) is 4.98 Å². The van der Waals surface area contributed by atoms with Gasteiger partial charge in [-0.15, -0.1) is 0 Å². The van der Waals surface area contributed by atoms with Crippen LogP contribution in [0.15, 0.2) is 69.4 Å². The number of furan rings is 1. The minimum atomic E-state index is -0.273. The number of nitrogens with zero attached hydrogens (tertiary/aromatic N) is 1. The second-order valence-corrected chi connectivity index (χ2v) is 7.38. The topological polar surface area (TPSA) is 55.1 Å². The van der Waals surface area contributed by atoms with Gasteiger partial charge >= 0.3 is 0 Å². The lowest BCUT2D eigenvalue weighted by Crippen LogP contribution is -2.10. The lowest BCUT2D eigenvalue weighted by Gasteiger charge is -2.03. The Morgan fingerprint density at radius 2 is 1.88 bits per heavy atom. The van der Waals surface area contributed by atoms with Crippen molar-refractivity contribution >= 4 is 45.0 Å². The maximum atomic E-state index is 12.6. The molecule has 25 heavy (non-hydrogen) atoms. The van der Waals surface area contributed by atoms with Crippen molar-refractivity contribution < 1.29 is 9.21 Å². The van der Waals surface area contributed by atoms with Gasteiger partial charge in [0.2, 0.25) is 0 Å². The summed E-state index contributed by atoms with van der Waals surface area (Å²) >= 11 is 3.02. The number of hydrogen-bond acceptors (Lipinski definition) is 5. The molecule has 1 amide bonds. The highest BCUT2D eigenvalue weighted by molar-refractivity contribution is 8.00. The van der Waals surface area contributed by atoms with E-state index in [-0.39, 0.29) is 5.91 Å². The SMILES string of the molecule is CSc1nc(-c2ccccc2)c(NC(=O)c2cc3ccccc3o2)s1. The fourth-order valence-electron chi connectivity index (χ4n) is 2.52. The van der Waals surface area contributed by atoms with Crippen molar-refractivity contribution in [3.8, 4) is 11.3 Å². The zero-order valence-corrected chi connectivity index (χ0v) is 15.0. The fourth-order valence-corrected chi connectivity index (χ4v) is 4.00. The zero-order valence-electron chi connectivity index (χ0n) is 13.4. The summed E-state index contributed by atoms with van der Waals surface area (Å²) in [5.74, 6) is 0.0176. The summed E-state index contributed by atoms with van der Waals surface area (Å²) < 4.78 is 6.55. The first-order valence-corrected chi connectivity index (χ1v) is 9.69. The summed E-state index contributed by atoms with van der Waals surface area (Å²) in [7, 11) is 0. The van der Waals surface area contributed by atoms with E-state index in [1.807, 2.05) is 60.9 Å². The molecule has 4 aromatic rings. The second kappa shape index (κ2) is 6.74. The fraction of sp³-hybridized carbons (Fsp3) is 0.0526. The van der Waals surface area contributed by atoms with E-state index in [0.29, 0.717) is 11.3 Å². The van der Waals surface area contributed by atoms with E-state index in [0.717, 1.165) is 26.0 Å². The van der Waals surface area contributed by atoms with Gasteiger partial charge in [0.05, 0.1) is 0 Å². The molecule has 2 heterocycles. The number of carbonyl (C=O) groups excluding carboxylic acids is 1. The summed E-state index contributed by atoms with van der Waals surface area (Å²) in [6, 6.07) is 19.2. The van der Waals surface area contributed by atoms with Gasteiger partial charge in [0.15, 0.2) is 10.1 Å². The van der Waals surface area contributed by atoms with Crippen molar-refractivity contribution in [2.45, 2.75) is 4.34 Å². The molecule has 2 aromatic heterocycles. The molecular formula is C19H14N2O2S2. The van der Waals surface area contributed by atoms with Gasteiger partial charge in [-0.1, -0.05) is 71.6 Å². The Morgan fingerprint density at radius 1 is 1.12 bits per heavy atom. The monoisotopic (exact) mass is 366 g/mol. The summed E-state index contributed by atoms with van der Waals surface area (Å²) in [5, 5.41) is 4.58. The molecule has 0 radical (unpaired) electrons. The van der Waals surface area contributed by atoms with Crippen molar-refractivity contribution in [3.63, 3.8) is 0 Å². The molecule has 124 valence electrons. The van der Waals surface area contributed by atoms with E-state index in [4.69, 9.17) is 4.42 Å². The highest BCUT2D eigenvalue weighted by Crippen LogP contribution is 2.37. The maximum Gasteiger partial charge on any atom is 0.292 e. The van der Waals surface area contributed by atoms with E-state index in [1.54, 1.807) is 17.8 Å². The molecule has 4 rings (SSSR count). The number of thiazole rings is 1. The zero-order chi connectivity index (χ0) is 17.2. The first kappa shape index (κ1) is 15.9. The Bertz CT molecular complexity index is 1000. The number of fused-ring (bicyclic) bond motifs is 1. The van der Waals surface area contributed by atoms with Crippen LogP contribution in [0.2, 0.25) is 0 Å². The molecule has 0 saturated heterocycles. The molecule has 0 bridgehead atoms. The predicted molar refractivity (Wildman–Crippen MR) is 103 cm³/mol. The van der Waals surface area contributed by atoms with Crippen LogP contribution in [-0.2, 0) is 0 Å². The molecule has 0 unspecified atom stereocenters. The third-order valence-corrected chi connectivity index (χ3v) is 5.66. The first-order valence-electron chi connectivity index (χ1n) is 7.65. The molecule has 0 fully saturated rings. The summed E-state index contributed by atoms with van der Waals surface area (Å²) in [4.78, 5) is 17.3. The average Bonchev–Trinajstić information content (AvgIpc) is 3.26. The third-order valence-electron chi connectivity index (χ3n) is 3.71. The highest BCUT2D eigenvalue weighted by Gasteiger charge is 2.18. The first-order chi connectivity index (χ1) is 12.2. The Labute approximate surface area is 152 Å². The molecule has 6 heteroatoms. The number of aromatic nitrogens is 1. The number of benzene rings is 2. The Hall–Kier alpha value is -2.57. The molecule has 0 atom stereocenters. The maximum absolute atomic E-state index is 12.6. The minimum Gasteiger partial charge on any atom is -0.451 e. The van der Waals surface area contributed by atoms with Crippen LogP contribution in [0.5, 0.6) is 0 Å². The lowest BCUT2D eigenvalue weighted by atomic mass is 10.2. The molecule has 0 spiro atoms. The van der Waals surface area contributed by atoms with Crippen molar-refractivity contribution in [1.82, 2.24) is 4.98 Å². The Kier molecular flexibility index (Phi) is 4.29. The van der Waals surface area contributed by atoms with Crippen LogP contribution in [0.4, 0.5) is 5.00 Å². The largest absolute Gasteiger partial charge is 0.451 e. The number of amides is 1. The van der Waals surface area contributed by atoms with Crippen LogP contribution in [-0.4, -0.2) is 17.1 Å². The van der Waals surface area contributed by atoms with Crippen molar-refractivity contribution in [2.24, 2.45) is 0 Å². The molecule has 4 nitrogen and oxygen atoms in total. The normalized spacial score (nSPS) is 10.9. The van der Waals surface area contributed by atoms with E-state index >= 15 is 0 Å². The predicted octanol–water partition coefficient (Wildman–Crippen LogP) is 5.53. The molecule has 2 aromatic carbocycles. The van der Waals surface area contributed by atoms with Gasteiger partial charge in [0, 0.05) is 10.9 Å². The highest BCUT2D eigenvalue weighted by atomic mass is 32.2. The lowest BCUT2D eigenvalue weighted by molar-refractivity contribution is 0.0999. The Morgan fingerprint density at radius 3 is 2.64 bits per heavy atom. The van der Waals surface area contributed by atoms with E-state index in [1.165, 1.54) is 11.3 Å². The summed E-state index contributed by atoms with van der Waals surface area (Å²) in [6.07, 6.45) is 1.97. The van der Waals surface area contributed by atoms with Crippen LogP contribution in [0.3, 0.4) is 0 Å². The van der Waals surface area contributed by atoms with Crippen LogP contribution in [0, 0.1) is 0 Å². The van der Waals surface area contributed by atoms with Crippen molar-refractivity contribution in [3.05, 3.63) is 66.4 Å². The minimum absolute atomic E-state index is 0.273. The number of thioether (sulfide) groups is 1. The molecule has 0 saturated carbocycles. The van der Waals surface area contributed by atoms with Crippen LogP contribution >= 0.6 is 23.1 Å². The van der Waals surface area contributed by atoms with Crippen LogP contribution < -0.4 is 5.32 Å². The summed E-state index contributed by atoms with van der Waals surface area (Å²) in [6.45, 7) is 0. The molecule has 1 N–H and O–H groups in total. The number of rotatable bonds is 4. The number of nitrogens with one attached hydrogen (secondary N) is 1. The number of hydrogen-bond donors (Lipinski definition) is 1. The number of anilines is 1. The Balaban J connectivity index is 1.68. The standard InChI is InChI=1S/C19H14N2O2S2/c1-24-19-20-16(12-7-3-2-4-8-12)18(25-19)21-17(22)15-11-13-9-5-6-10-14(13)23-15/h2-11H,1H3,(H,21,22). The molecular weight excluding hydrogens is 352 g/mol. The second-order valence-electron chi connectivity index (χ2n) is 5.33. The van der Waals surface area contributed by atoms with Gasteiger partial charge in [-0.2, -0.15) is 0 Å². The van der Waals surface area contributed by atoms with Crippen LogP contribution in [0.25, 0.3) is 22.2 Å². The summed E-state index contributed by atoms with van der Waals surface area (Å²) in [5.41, 5.74) is 2.45. The number of carbonyl (C=O) groups is 1. The van der Waals surface area contributed by atoms with Gasteiger partial charge < -0.3 is 9.73 Å². The van der Waals surface area contributed by atoms with Gasteiger partial charge in [0.1, 0.15) is 16.3 Å². The van der Waals surface area contributed by atoms with E-state index < -0.39 is 0 Å². The van der Waals surface area contributed by atoms with E-state index in [2.05, 4.69) is 10.3 Å². The smallest absolute Gasteiger partial charge is 0.292 e. The molecule has 0 aliphatic rings. The number of para-hydroxylation sites is 1. The van der Waals surface area contributed by atoms with Crippen molar-refractivity contribution in [2.75, 3.05) is 11.6 Å². The molecule has 0 aliphatic heterocycles. The van der Waals surface area contributed by atoms with Gasteiger partial charge in [-0.3, -0.25) is 4.79 Å². The third kappa shape index (κ3) is 3.18. The van der Waals surface area contributed by atoms with Crippen molar-refractivity contribution in [1.29, 1.82) is 0 Å².